The van der Waals surface area contributed by atoms with E-state index >= 15 is 0 Å². The number of rotatable bonds is 4. The van der Waals surface area contributed by atoms with E-state index in [1.54, 1.807) is 13.8 Å². The number of methoxy groups -OCH3 is 1. The van der Waals surface area contributed by atoms with Crippen molar-refractivity contribution in [2.24, 2.45) is 0 Å². The zero-order valence-electron chi connectivity index (χ0n) is 14.2. The SMILES string of the molecule is COC(=O)NC(=O)[C@H](C)N1CCN(c2ccc(C(C)=O)cc2)CC1. The summed E-state index contributed by atoms with van der Waals surface area (Å²) in [6, 6.07) is 7.15. The van der Waals surface area contributed by atoms with Crippen LogP contribution in [0.4, 0.5) is 10.5 Å². The second kappa shape index (κ2) is 7.92. The number of anilines is 1. The van der Waals surface area contributed by atoms with Crippen molar-refractivity contribution in [1.82, 2.24) is 10.2 Å². The van der Waals surface area contributed by atoms with E-state index in [9.17, 15) is 14.4 Å². The van der Waals surface area contributed by atoms with Gasteiger partial charge in [0.2, 0.25) is 5.91 Å². The highest BCUT2D eigenvalue weighted by Crippen LogP contribution is 2.18. The lowest BCUT2D eigenvalue weighted by molar-refractivity contribution is -0.125. The van der Waals surface area contributed by atoms with Crippen molar-refractivity contribution in [3.63, 3.8) is 0 Å². The molecule has 1 fully saturated rings. The van der Waals surface area contributed by atoms with E-state index in [4.69, 9.17) is 0 Å². The maximum absolute atomic E-state index is 12.0. The standard InChI is InChI=1S/C17H23N3O4/c1-12(16(22)18-17(23)24-3)19-8-10-20(11-9-19)15-6-4-14(5-7-15)13(2)21/h4-7,12H,8-11H2,1-3H3,(H,18,22,23)/t12-/m0/s1. The van der Waals surface area contributed by atoms with Crippen molar-refractivity contribution in [3.05, 3.63) is 29.8 Å². The number of ketones is 1. The van der Waals surface area contributed by atoms with Crippen LogP contribution in [0.15, 0.2) is 24.3 Å². The highest BCUT2D eigenvalue weighted by atomic mass is 16.5. The number of benzene rings is 1. The van der Waals surface area contributed by atoms with Gasteiger partial charge in [0.1, 0.15) is 0 Å². The van der Waals surface area contributed by atoms with Gasteiger partial charge < -0.3 is 9.64 Å². The van der Waals surface area contributed by atoms with Crippen LogP contribution in [0.5, 0.6) is 0 Å². The number of nitrogens with one attached hydrogen (secondary N) is 1. The first-order chi connectivity index (χ1) is 11.4. The van der Waals surface area contributed by atoms with E-state index in [0.29, 0.717) is 18.7 Å². The number of hydrogen-bond acceptors (Lipinski definition) is 6. The number of imide groups is 1. The Bertz CT molecular complexity index is 607. The second-order valence-electron chi connectivity index (χ2n) is 5.78. The minimum Gasteiger partial charge on any atom is -0.453 e. The molecule has 7 heteroatoms. The fourth-order valence-electron chi connectivity index (χ4n) is 2.70. The summed E-state index contributed by atoms with van der Waals surface area (Å²) in [6.07, 6.45) is -0.740. The molecule has 1 aromatic carbocycles. The van der Waals surface area contributed by atoms with Crippen LogP contribution in [0.2, 0.25) is 0 Å². The molecule has 1 aliphatic heterocycles. The van der Waals surface area contributed by atoms with Crippen molar-refractivity contribution in [1.29, 1.82) is 0 Å². The highest BCUT2D eigenvalue weighted by molar-refractivity contribution is 5.95. The zero-order valence-corrected chi connectivity index (χ0v) is 14.2. The third-order valence-corrected chi connectivity index (χ3v) is 4.29. The fourth-order valence-corrected chi connectivity index (χ4v) is 2.70. The highest BCUT2D eigenvalue weighted by Gasteiger charge is 2.26. The maximum atomic E-state index is 12.0. The summed E-state index contributed by atoms with van der Waals surface area (Å²) in [5.41, 5.74) is 1.76. The molecule has 2 amide bonds. The molecule has 1 aliphatic rings. The van der Waals surface area contributed by atoms with Crippen LogP contribution in [-0.2, 0) is 9.53 Å². The lowest BCUT2D eigenvalue weighted by Crippen LogP contribution is -2.54. The van der Waals surface area contributed by atoms with E-state index in [2.05, 4.69) is 15.0 Å². The largest absolute Gasteiger partial charge is 0.453 e. The Morgan fingerprint density at radius 3 is 2.17 bits per heavy atom. The Morgan fingerprint density at radius 1 is 1.08 bits per heavy atom. The number of hydrogen-bond donors (Lipinski definition) is 1. The summed E-state index contributed by atoms with van der Waals surface area (Å²) >= 11 is 0. The molecule has 0 aliphatic carbocycles. The van der Waals surface area contributed by atoms with Gasteiger partial charge in [-0.25, -0.2) is 4.79 Å². The molecule has 7 nitrogen and oxygen atoms in total. The average molecular weight is 333 g/mol. The quantitative estimate of drug-likeness (QED) is 0.836. The minimum atomic E-state index is -0.740. The molecule has 0 bridgehead atoms. The van der Waals surface area contributed by atoms with Crippen LogP contribution in [-0.4, -0.2) is 62.0 Å². The van der Waals surface area contributed by atoms with Crippen LogP contribution in [0, 0.1) is 0 Å². The van der Waals surface area contributed by atoms with Crippen molar-refractivity contribution in [2.45, 2.75) is 19.9 Å². The summed E-state index contributed by atoms with van der Waals surface area (Å²) in [5.74, 6) is -0.307. The van der Waals surface area contributed by atoms with Gasteiger partial charge in [-0.15, -0.1) is 0 Å². The molecule has 1 saturated heterocycles. The first kappa shape index (κ1) is 17.9. The molecular formula is C17H23N3O4. The van der Waals surface area contributed by atoms with E-state index in [1.807, 2.05) is 29.2 Å². The summed E-state index contributed by atoms with van der Waals surface area (Å²) < 4.78 is 4.44. The van der Waals surface area contributed by atoms with Gasteiger partial charge in [-0.1, -0.05) is 0 Å². The van der Waals surface area contributed by atoms with Crippen LogP contribution in [0.25, 0.3) is 0 Å². The van der Waals surface area contributed by atoms with Crippen molar-refractivity contribution in [2.75, 3.05) is 38.2 Å². The van der Waals surface area contributed by atoms with Gasteiger partial charge in [0.15, 0.2) is 5.78 Å². The fraction of sp³-hybridized carbons (Fsp3) is 0.471. The number of piperazine rings is 1. The lowest BCUT2D eigenvalue weighted by atomic mass is 10.1. The third kappa shape index (κ3) is 4.32. The molecule has 0 saturated carbocycles. The van der Waals surface area contributed by atoms with Crippen LogP contribution < -0.4 is 10.2 Å². The summed E-state index contributed by atoms with van der Waals surface area (Å²) in [7, 11) is 1.23. The first-order valence-electron chi connectivity index (χ1n) is 7.91. The summed E-state index contributed by atoms with van der Waals surface area (Å²) in [4.78, 5) is 38.6. The topological polar surface area (TPSA) is 79.0 Å². The van der Waals surface area contributed by atoms with Gasteiger partial charge >= 0.3 is 6.09 Å². The molecule has 0 radical (unpaired) electrons. The number of ether oxygens (including phenoxy) is 1. The molecule has 0 spiro atoms. The zero-order chi connectivity index (χ0) is 17.7. The van der Waals surface area contributed by atoms with Crippen molar-refractivity contribution < 1.29 is 19.1 Å². The van der Waals surface area contributed by atoms with E-state index in [1.165, 1.54) is 7.11 Å². The van der Waals surface area contributed by atoms with E-state index in [-0.39, 0.29) is 11.7 Å². The number of nitrogens with zero attached hydrogens (tertiary/aromatic N) is 2. The molecule has 130 valence electrons. The van der Waals surface area contributed by atoms with Gasteiger partial charge in [0, 0.05) is 37.4 Å². The van der Waals surface area contributed by atoms with Crippen LogP contribution >= 0.6 is 0 Å². The molecule has 1 atom stereocenters. The van der Waals surface area contributed by atoms with Crippen LogP contribution in [0.3, 0.4) is 0 Å². The number of carbonyl (C=O) groups is 3. The normalized spacial score (nSPS) is 16.4. The predicted octanol–water partition coefficient (Wildman–Crippen LogP) is 1.28. The molecular weight excluding hydrogens is 310 g/mol. The first-order valence-corrected chi connectivity index (χ1v) is 7.91. The Balaban J connectivity index is 1.89. The van der Waals surface area contributed by atoms with E-state index in [0.717, 1.165) is 18.8 Å². The molecule has 2 rings (SSSR count). The molecule has 0 unspecified atom stereocenters. The Morgan fingerprint density at radius 2 is 1.67 bits per heavy atom. The molecule has 1 heterocycles. The van der Waals surface area contributed by atoms with Gasteiger partial charge in [0.25, 0.3) is 0 Å². The van der Waals surface area contributed by atoms with Gasteiger partial charge in [-0.3, -0.25) is 19.8 Å². The maximum Gasteiger partial charge on any atom is 0.413 e. The summed E-state index contributed by atoms with van der Waals surface area (Å²) in [6.45, 7) is 6.29. The summed E-state index contributed by atoms with van der Waals surface area (Å²) in [5, 5.41) is 2.20. The predicted molar refractivity (Wildman–Crippen MR) is 90.2 cm³/mol. The average Bonchev–Trinajstić information content (AvgIpc) is 2.61. The smallest absolute Gasteiger partial charge is 0.413 e. The van der Waals surface area contributed by atoms with Crippen LogP contribution in [0.1, 0.15) is 24.2 Å². The Hall–Kier alpha value is -2.41. The lowest BCUT2D eigenvalue weighted by Gasteiger charge is -2.38. The van der Waals surface area contributed by atoms with Crippen molar-refractivity contribution >= 4 is 23.5 Å². The van der Waals surface area contributed by atoms with E-state index < -0.39 is 12.1 Å². The number of alkyl carbamates (subject to hydrolysis) is 1. The molecule has 1 aromatic rings. The molecule has 0 aromatic heterocycles. The van der Waals surface area contributed by atoms with Gasteiger partial charge in [0.05, 0.1) is 13.2 Å². The monoisotopic (exact) mass is 333 g/mol. The van der Waals surface area contributed by atoms with Gasteiger partial charge in [-0.05, 0) is 38.1 Å². The number of Topliss-reactive ketones (excluding diaryl/α,β-unsaturated/α-hetero) is 1. The second-order valence-corrected chi connectivity index (χ2v) is 5.78. The number of carbonyl (C=O) groups excluding carboxylic acids is 3. The Labute approximate surface area is 141 Å². The minimum absolute atomic E-state index is 0.0526. The Kier molecular flexibility index (Phi) is 5.92. The number of amides is 2. The third-order valence-electron chi connectivity index (χ3n) is 4.29. The van der Waals surface area contributed by atoms with Crippen molar-refractivity contribution in [3.8, 4) is 0 Å². The van der Waals surface area contributed by atoms with Gasteiger partial charge in [-0.2, -0.15) is 0 Å². The molecule has 24 heavy (non-hydrogen) atoms. The molecule has 1 N–H and O–H groups in total.